The van der Waals surface area contributed by atoms with E-state index in [1.165, 1.54) is 12.1 Å². The number of nitrogens with two attached hydrogens (primary N) is 1. The van der Waals surface area contributed by atoms with Gasteiger partial charge in [-0.1, -0.05) is 11.6 Å². The van der Waals surface area contributed by atoms with Gasteiger partial charge in [0.15, 0.2) is 5.16 Å². The Labute approximate surface area is 116 Å². The Morgan fingerprint density at radius 2 is 2.26 bits per heavy atom. The number of aromatic amines is 1. The molecule has 0 aliphatic heterocycles. The van der Waals surface area contributed by atoms with E-state index >= 15 is 0 Å². The number of H-pyrrole nitrogens is 1. The summed E-state index contributed by atoms with van der Waals surface area (Å²) in [7, 11) is 0. The van der Waals surface area contributed by atoms with E-state index in [0.717, 1.165) is 24.6 Å². The Kier molecular flexibility index (Phi) is 3.02. The fourth-order valence-electron chi connectivity index (χ4n) is 1.75. The summed E-state index contributed by atoms with van der Waals surface area (Å²) < 4.78 is 15.0. The zero-order valence-corrected chi connectivity index (χ0v) is 11.3. The molecule has 8 heteroatoms. The van der Waals surface area contributed by atoms with Crippen molar-refractivity contribution in [3.05, 3.63) is 33.5 Å². The predicted octanol–water partition coefficient (Wildman–Crippen LogP) is 2.43. The van der Waals surface area contributed by atoms with Crippen LogP contribution in [0.25, 0.3) is 0 Å². The van der Waals surface area contributed by atoms with E-state index in [4.69, 9.17) is 17.3 Å². The second kappa shape index (κ2) is 4.57. The number of nitrogens with one attached hydrogen (secondary N) is 1. The highest BCUT2D eigenvalue weighted by atomic mass is 35.5. The van der Waals surface area contributed by atoms with Crippen LogP contribution in [-0.2, 0) is 0 Å². The average Bonchev–Trinajstić information content (AvgIpc) is 3.12. The minimum Gasteiger partial charge on any atom is -0.398 e. The number of nitrogen functional groups attached to an aromatic ring is 1. The van der Waals surface area contributed by atoms with Crippen molar-refractivity contribution in [3.63, 3.8) is 0 Å². The smallest absolute Gasteiger partial charge is 0.344 e. The molecule has 0 unspecified atom stereocenters. The van der Waals surface area contributed by atoms with Gasteiger partial charge < -0.3 is 5.73 Å². The van der Waals surface area contributed by atoms with Gasteiger partial charge in [-0.25, -0.2) is 14.3 Å². The second-order valence-electron chi connectivity index (χ2n) is 4.32. The van der Waals surface area contributed by atoms with E-state index in [9.17, 15) is 9.18 Å². The number of nitrogens with zero attached hydrogens (tertiary/aromatic N) is 2. The van der Waals surface area contributed by atoms with Crippen LogP contribution < -0.4 is 11.4 Å². The number of hydrogen-bond donors (Lipinski definition) is 2. The second-order valence-corrected chi connectivity index (χ2v) is 5.74. The molecule has 0 bridgehead atoms. The van der Waals surface area contributed by atoms with Gasteiger partial charge >= 0.3 is 5.69 Å². The fraction of sp³-hybridized carbons (Fsp3) is 0.273. The zero-order valence-electron chi connectivity index (χ0n) is 9.69. The van der Waals surface area contributed by atoms with Crippen LogP contribution in [0.3, 0.4) is 0 Å². The molecule has 3 N–H and O–H groups in total. The molecule has 5 nitrogen and oxygen atoms in total. The number of anilines is 1. The summed E-state index contributed by atoms with van der Waals surface area (Å²) in [5.74, 6) is -0.547. The van der Waals surface area contributed by atoms with Crippen LogP contribution in [0.2, 0.25) is 5.02 Å². The third-order valence-corrected chi connectivity index (χ3v) is 4.17. The first kappa shape index (κ1) is 12.6. The summed E-state index contributed by atoms with van der Waals surface area (Å²) in [6, 6.07) is 2.79. The van der Waals surface area contributed by atoms with Gasteiger partial charge in [0.25, 0.3) is 0 Å². The largest absolute Gasteiger partial charge is 0.398 e. The van der Waals surface area contributed by atoms with Gasteiger partial charge in [-0.15, -0.1) is 5.10 Å². The standard InChI is InChI=1S/C11H10ClFN4OS/c12-6-3-8(14)9(4-7(6)13)19-11-16-15-10(18)17(11)5-1-2-5/h3-5H,1-2,14H2,(H,15,18). The van der Waals surface area contributed by atoms with Crippen LogP contribution in [0.15, 0.2) is 27.0 Å². The maximum Gasteiger partial charge on any atom is 0.344 e. The van der Waals surface area contributed by atoms with Gasteiger partial charge in [0.05, 0.1) is 5.02 Å². The van der Waals surface area contributed by atoms with Gasteiger partial charge in [0, 0.05) is 16.6 Å². The van der Waals surface area contributed by atoms with E-state index in [1.807, 2.05) is 0 Å². The molecule has 2 aromatic rings. The maximum atomic E-state index is 13.4. The number of rotatable bonds is 3. The predicted molar refractivity (Wildman–Crippen MR) is 71.1 cm³/mol. The van der Waals surface area contributed by atoms with Gasteiger partial charge in [-0.05, 0) is 36.7 Å². The molecule has 100 valence electrons. The molecule has 3 rings (SSSR count). The van der Waals surface area contributed by atoms with E-state index in [2.05, 4.69) is 10.2 Å². The summed E-state index contributed by atoms with van der Waals surface area (Å²) >= 11 is 6.79. The van der Waals surface area contributed by atoms with Crippen molar-refractivity contribution in [2.24, 2.45) is 0 Å². The first-order valence-corrected chi connectivity index (χ1v) is 6.85. The summed E-state index contributed by atoms with van der Waals surface area (Å²) in [6.45, 7) is 0. The first-order chi connectivity index (χ1) is 9.06. The molecule has 0 radical (unpaired) electrons. The van der Waals surface area contributed by atoms with Gasteiger partial charge in [-0.2, -0.15) is 0 Å². The molecular weight excluding hydrogens is 291 g/mol. The van der Waals surface area contributed by atoms with Gasteiger partial charge in [0.2, 0.25) is 0 Å². The van der Waals surface area contributed by atoms with Crippen molar-refractivity contribution in [2.45, 2.75) is 28.9 Å². The Morgan fingerprint density at radius 3 is 2.95 bits per heavy atom. The minimum atomic E-state index is -0.547. The third-order valence-electron chi connectivity index (χ3n) is 2.84. The zero-order chi connectivity index (χ0) is 13.6. The number of hydrogen-bond acceptors (Lipinski definition) is 4. The van der Waals surface area contributed by atoms with E-state index in [1.54, 1.807) is 4.57 Å². The van der Waals surface area contributed by atoms with Crippen LogP contribution in [0.1, 0.15) is 18.9 Å². The van der Waals surface area contributed by atoms with Crippen molar-refractivity contribution < 1.29 is 4.39 Å². The molecule has 1 aliphatic carbocycles. The lowest BCUT2D eigenvalue weighted by Crippen LogP contribution is -2.16. The van der Waals surface area contributed by atoms with Crippen LogP contribution in [0.4, 0.5) is 10.1 Å². The summed E-state index contributed by atoms with van der Waals surface area (Å²) in [4.78, 5) is 12.1. The monoisotopic (exact) mass is 300 g/mol. The Bertz CT molecular complexity index is 694. The van der Waals surface area contributed by atoms with E-state index in [-0.39, 0.29) is 16.8 Å². The Hall–Kier alpha value is -1.47. The molecule has 1 saturated carbocycles. The average molecular weight is 301 g/mol. The topological polar surface area (TPSA) is 76.7 Å². The summed E-state index contributed by atoms with van der Waals surface area (Å²) in [6.07, 6.45) is 1.91. The quantitative estimate of drug-likeness (QED) is 0.854. The lowest BCUT2D eigenvalue weighted by Gasteiger charge is -2.07. The first-order valence-electron chi connectivity index (χ1n) is 5.65. The molecule has 0 saturated heterocycles. The summed E-state index contributed by atoms with van der Waals surface area (Å²) in [5.41, 5.74) is 5.89. The lowest BCUT2D eigenvalue weighted by molar-refractivity contribution is 0.624. The van der Waals surface area contributed by atoms with Gasteiger partial charge in [0.1, 0.15) is 5.82 Å². The Balaban J connectivity index is 1.98. The minimum absolute atomic E-state index is 0.0246. The highest BCUT2D eigenvalue weighted by Gasteiger charge is 2.29. The van der Waals surface area contributed by atoms with E-state index in [0.29, 0.717) is 15.7 Å². The molecule has 0 spiro atoms. The van der Waals surface area contributed by atoms with Gasteiger partial charge in [-0.3, -0.25) is 4.57 Å². The molecule has 1 fully saturated rings. The highest BCUT2D eigenvalue weighted by molar-refractivity contribution is 7.99. The van der Waals surface area contributed by atoms with Crippen LogP contribution in [-0.4, -0.2) is 14.8 Å². The molecule has 1 aromatic carbocycles. The number of halogens is 2. The highest BCUT2D eigenvalue weighted by Crippen LogP contribution is 2.39. The SMILES string of the molecule is Nc1cc(Cl)c(F)cc1Sc1n[nH]c(=O)n1C1CC1. The molecule has 19 heavy (non-hydrogen) atoms. The lowest BCUT2D eigenvalue weighted by atomic mass is 10.3. The third kappa shape index (κ3) is 2.35. The molecule has 1 aromatic heterocycles. The van der Waals surface area contributed by atoms with Crippen molar-refractivity contribution >= 4 is 29.1 Å². The van der Waals surface area contributed by atoms with E-state index < -0.39 is 5.82 Å². The number of aromatic nitrogens is 3. The van der Waals surface area contributed by atoms with Crippen molar-refractivity contribution in [2.75, 3.05) is 5.73 Å². The number of benzene rings is 1. The molecule has 0 atom stereocenters. The van der Waals surface area contributed by atoms with Crippen LogP contribution in [0.5, 0.6) is 0 Å². The molecule has 1 aliphatic rings. The maximum absolute atomic E-state index is 13.4. The molecule has 1 heterocycles. The normalized spacial score (nSPS) is 14.8. The van der Waals surface area contributed by atoms with Crippen molar-refractivity contribution in [1.29, 1.82) is 0 Å². The fourth-order valence-corrected chi connectivity index (χ4v) is 2.88. The van der Waals surface area contributed by atoms with Crippen LogP contribution >= 0.6 is 23.4 Å². The molecule has 0 amide bonds. The van der Waals surface area contributed by atoms with Crippen LogP contribution in [0, 0.1) is 5.82 Å². The molecular formula is C11H10ClFN4OS. The summed E-state index contributed by atoms with van der Waals surface area (Å²) in [5, 5.41) is 6.81. The van der Waals surface area contributed by atoms with Crippen molar-refractivity contribution in [3.8, 4) is 0 Å². The van der Waals surface area contributed by atoms with Crippen molar-refractivity contribution in [1.82, 2.24) is 14.8 Å². The Morgan fingerprint density at radius 1 is 1.53 bits per heavy atom.